The van der Waals surface area contributed by atoms with Crippen LogP contribution in [0.15, 0.2) is 36.4 Å². The van der Waals surface area contributed by atoms with Gasteiger partial charge in [-0.2, -0.15) is 0 Å². The first kappa shape index (κ1) is 81.0. The molecule has 7 rings (SSSR count). The third-order valence-electron chi connectivity index (χ3n) is 20.2. The van der Waals surface area contributed by atoms with Crippen molar-refractivity contribution < 1.29 is 117 Å². The van der Waals surface area contributed by atoms with Gasteiger partial charge in [0.05, 0.1) is 49.1 Å². The van der Waals surface area contributed by atoms with E-state index in [1.54, 1.807) is 52.0 Å². The minimum atomic E-state index is -2.00. The smallest absolute Gasteiger partial charge is 0.331 e. The Hall–Kier alpha value is -3.35. The average Bonchev–Trinajstić information content (AvgIpc) is 0.775. The number of benzene rings is 1. The summed E-state index contributed by atoms with van der Waals surface area (Å²) in [5.41, 5.74) is 0.702. The third-order valence-corrected chi connectivity index (χ3v) is 20.2. The molecular weight excluding hydrogens is 1260 g/mol. The lowest BCUT2D eigenvalue weighted by Gasteiger charge is -2.51. The van der Waals surface area contributed by atoms with E-state index in [0.717, 1.165) is 116 Å². The van der Waals surface area contributed by atoms with Gasteiger partial charge in [-0.05, 0) is 76.9 Å². The highest BCUT2D eigenvalue weighted by molar-refractivity contribution is 5.87. The number of carbonyl (C=O) groups is 3. The van der Waals surface area contributed by atoms with Crippen LogP contribution in [0, 0.1) is 11.8 Å². The van der Waals surface area contributed by atoms with Crippen molar-refractivity contribution in [3.63, 3.8) is 0 Å². The lowest BCUT2D eigenvalue weighted by atomic mass is 9.81. The molecule has 5 heterocycles. The van der Waals surface area contributed by atoms with Gasteiger partial charge in [0.15, 0.2) is 43.5 Å². The molecule has 1 aliphatic carbocycles. The van der Waals surface area contributed by atoms with Gasteiger partial charge < -0.3 is 102 Å². The maximum Gasteiger partial charge on any atom is 0.331 e. The zero-order valence-corrected chi connectivity index (χ0v) is 58.8. The van der Waals surface area contributed by atoms with E-state index in [1.807, 2.05) is 13.0 Å². The highest BCUT2D eigenvalue weighted by Gasteiger charge is 2.59. The molecule has 5 aliphatic heterocycles. The topological polar surface area (TPSA) is 333 Å². The molecule has 27 atom stereocenters. The summed E-state index contributed by atoms with van der Waals surface area (Å²) in [6.45, 7) is 13.7. The van der Waals surface area contributed by atoms with Crippen LogP contribution in [-0.2, 0) is 76.0 Å². The molecule has 24 heteroatoms. The van der Waals surface area contributed by atoms with Crippen molar-refractivity contribution >= 4 is 24.0 Å². The molecule has 0 aromatic heterocycles. The van der Waals surface area contributed by atoms with Gasteiger partial charge in [0.2, 0.25) is 0 Å². The Kier molecular flexibility index (Phi) is 34.8. The highest BCUT2D eigenvalue weighted by Crippen LogP contribution is 2.41. The van der Waals surface area contributed by atoms with Crippen LogP contribution in [0.3, 0.4) is 0 Å². The average molecular weight is 1380 g/mol. The summed E-state index contributed by atoms with van der Waals surface area (Å²) in [4.78, 5) is 41.8. The lowest BCUT2D eigenvalue weighted by molar-refractivity contribution is -0.390. The summed E-state index contributed by atoms with van der Waals surface area (Å²) in [5, 5.41) is 92.9. The Labute approximate surface area is 574 Å². The van der Waals surface area contributed by atoms with Crippen LogP contribution in [0.25, 0.3) is 6.08 Å². The molecule has 1 aromatic carbocycles. The van der Waals surface area contributed by atoms with Crippen molar-refractivity contribution in [3.05, 3.63) is 42.0 Å². The third kappa shape index (κ3) is 23.6. The molecule has 6 fully saturated rings. The molecule has 556 valence electrons. The molecule has 6 aliphatic rings. The van der Waals surface area contributed by atoms with Gasteiger partial charge in [-0.1, -0.05) is 181 Å². The van der Waals surface area contributed by atoms with E-state index in [-0.39, 0.29) is 25.6 Å². The first-order valence-corrected chi connectivity index (χ1v) is 36.9. The van der Waals surface area contributed by atoms with Gasteiger partial charge >= 0.3 is 17.9 Å². The number of hydrogen-bond donors (Lipinski definition) is 8. The summed E-state index contributed by atoms with van der Waals surface area (Å²) in [6, 6.07) is 9.00. The van der Waals surface area contributed by atoms with E-state index in [0.29, 0.717) is 31.2 Å². The van der Waals surface area contributed by atoms with Gasteiger partial charge in [0, 0.05) is 19.1 Å². The van der Waals surface area contributed by atoms with Crippen molar-refractivity contribution in [3.8, 4) is 0 Å². The monoisotopic (exact) mass is 1380 g/mol. The lowest BCUT2D eigenvalue weighted by Crippen LogP contribution is -2.68. The first-order chi connectivity index (χ1) is 46.7. The Balaban J connectivity index is 1.23. The molecule has 1 saturated carbocycles. The van der Waals surface area contributed by atoms with Gasteiger partial charge in [0.25, 0.3) is 0 Å². The maximum absolute atomic E-state index is 14.6. The summed E-state index contributed by atoms with van der Waals surface area (Å²) in [7, 11) is 0. The van der Waals surface area contributed by atoms with Crippen LogP contribution in [-0.4, -0.2) is 225 Å². The first-order valence-electron chi connectivity index (χ1n) is 36.9. The number of aliphatic hydroxyl groups excluding tert-OH is 8. The van der Waals surface area contributed by atoms with Gasteiger partial charge in [0.1, 0.15) is 73.2 Å². The highest BCUT2D eigenvalue weighted by atomic mass is 16.8. The molecule has 97 heavy (non-hydrogen) atoms. The zero-order valence-electron chi connectivity index (χ0n) is 58.8. The van der Waals surface area contributed by atoms with Crippen LogP contribution in [0.5, 0.6) is 0 Å². The van der Waals surface area contributed by atoms with E-state index in [9.17, 15) is 55.2 Å². The Morgan fingerprint density at radius 2 is 1.14 bits per heavy atom. The number of hydrogen-bond acceptors (Lipinski definition) is 24. The van der Waals surface area contributed by atoms with Crippen LogP contribution in [0.1, 0.15) is 221 Å². The predicted molar refractivity (Wildman–Crippen MR) is 355 cm³/mol. The van der Waals surface area contributed by atoms with E-state index < -0.39 is 184 Å². The van der Waals surface area contributed by atoms with Crippen molar-refractivity contribution in [2.24, 2.45) is 11.8 Å². The number of fused-ring (bicyclic) bond motifs is 2. The van der Waals surface area contributed by atoms with E-state index in [4.69, 9.17) is 61.6 Å². The minimum Gasteiger partial charge on any atom is -0.455 e. The van der Waals surface area contributed by atoms with Gasteiger partial charge in [-0.3, -0.25) is 9.59 Å². The molecular formula is C73H120O24. The summed E-state index contributed by atoms with van der Waals surface area (Å²) in [5.74, 6) is -3.54. The number of carbonyl (C=O) groups excluding carboxylic acids is 3. The molecule has 5 saturated heterocycles. The summed E-state index contributed by atoms with van der Waals surface area (Å²) >= 11 is 0. The molecule has 0 amide bonds. The van der Waals surface area contributed by atoms with Crippen LogP contribution in [0.4, 0.5) is 0 Å². The van der Waals surface area contributed by atoms with Crippen molar-refractivity contribution in [2.45, 2.75) is 369 Å². The molecule has 0 spiro atoms. The van der Waals surface area contributed by atoms with Crippen molar-refractivity contribution in [1.82, 2.24) is 0 Å². The number of ether oxygens (including phenoxy) is 13. The van der Waals surface area contributed by atoms with Crippen molar-refractivity contribution in [1.29, 1.82) is 0 Å². The number of rotatable bonds is 28. The van der Waals surface area contributed by atoms with E-state index in [2.05, 4.69) is 13.8 Å². The molecule has 0 unspecified atom stereocenters. The van der Waals surface area contributed by atoms with Gasteiger partial charge in [-0.25, -0.2) is 4.79 Å². The van der Waals surface area contributed by atoms with Crippen LogP contribution < -0.4 is 0 Å². The number of unbranched alkanes of at least 4 members (excludes halogenated alkanes) is 10. The number of aliphatic hydroxyl groups is 8. The molecule has 8 N–H and O–H groups in total. The maximum atomic E-state index is 14.6. The minimum absolute atomic E-state index is 0.0788. The van der Waals surface area contributed by atoms with Crippen LogP contribution in [0.2, 0.25) is 0 Å². The second-order valence-corrected chi connectivity index (χ2v) is 28.0. The SMILES string of the molecule is CCCCCCCCCCCC(=O)O[C@H]1[C@H](O[C@H]2[C@@H](O)[C@H]3OCCCCCCCCCC[C@H](CCCCC)O[C@@H]4O[C@H](C)[C@H](O)[C@H](O)[C@H]4O[C@H]3C[C@@H]2C)O[C@@H](C)[C@H](O[C@@H]2O[C@@H](C)[C@H](OC(=O)/C=C/c3ccccc3)[C@@H](OC(=O)[C@@H](C)CC)[C@H]2O)[C@H]1O[C@@H]1O[C@H](CO)[C@@H](O)[C@H](O)[C@H]1O. The Morgan fingerprint density at radius 3 is 1.82 bits per heavy atom. The van der Waals surface area contributed by atoms with Crippen molar-refractivity contribution in [2.75, 3.05) is 13.2 Å². The fourth-order valence-electron chi connectivity index (χ4n) is 13.9. The van der Waals surface area contributed by atoms with Crippen LogP contribution >= 0.6 is 0 Å². The summed E-state index contributed by atoms with van der Waals surface area (Å²) in [6.07, 6.45) is -11.5. The second-order valence-electron chi connectivity index (χ2n) is 28.0. The van der Waals surface area contributed by atoms with Gasteiger partial charge in [-0.15, -0.1) is 0 Å². The predicted octanol–water partition coefficient (Wildman–Crippen LogP) is 7.70. The normalized spacial score (nSPS) is 38.6. The van der Waals surface area contributed by atoms with E-state index in [1.165, 1.54) is 25.5 Å². The Bertz CT molecular complexity index is 2420. The molecule has 24 nitrogen and oxygen atoms in total. The zero-order chi connectivity index (χ0) is 70.1. The quantitative estimate of drug-likeness (QED) is 0.0172. The standard InChI is InChI=1S/C73H120O24/c1-9-12-14-15-16-17-21-24-31-37-52(75)93-68-67(97-70-58(81)56(79)55(78)51(42-74)91-70)63(96-71-60(83)65(94-69(84)43(4)11-3)62(46(7)87-71)92-53(76)39-38-48-33-28-26-29-34-48)47(8)88-73(68)95-61-44(5)41-50-64(59(61)82)85-40-32-25-22-19-18-20-23-30-36-49(35-27-13-10-2)89-72-66(90-50)57(80)54(77)45(6)86-72/h26,28-29,33-34,38-39,43-47,49-51,54-68,70-74,77-83H,9-25,27,30-32,35-37,40-42H2,1-8H3/b39-38+/t43-,44-,45+,46-,47-,49-,50-,51+,54-,55+,56-,57-,58+,59+,60+,61+,62-,63-,64-,65-,66+,67+,68+,70-,71-,72-,73-/m0/s1. The molecule has 1 aromatic rings. The molecule has 0 radical (unpaired) electrons. The Morgan fingerprint density at radius 1 is 0.536 bits per heavy atom. The van der Waals surface area contributed by atoms with E-state index >= 15 is 0 Å². The fraction of sp³-hybridized carbons (Fsp3) is 0.849. The second kappa shape index (κ2) is 41.7. The molecule has 0 bridgehead atoms. The summed E-state index contributed by atoms with van der Waals surface area (Å²) < 4.78 is 84.6. The number of esters is 3. The fourth-order valence-corrected chi connectivity index (χ4v) is 13.9. The largest absolute Gasteiger partial charge is 0.455 e.